The van der Waals surface area contributed by atoms with E-state index in [1.54, 1.807) is 19.2 Å². The second-order valence-electron chi connectivity index (χ2n) is 8.12. The van der Waals surface area contributed by atoms with Gasteiger partial charge >= 0.3 is 6.03 Å². The lowest BCUT2D eigenvalue weighted by Gasteiger charge is -2.36. The van der Waals surface area contributed by atoms with Gasteiger partial charge in [0, 0.05) is 28.8 Å². The Labute approximate surface area is 185 Å². The van der Waals surface area contributed by atoms with Gasteiger partial charge in [0.25, 0.3) is 0 Å². The molecule has 2 N–H and O–H groups in total. The van der Waals surface area contributed by atoms with Crippen molar-refractivity contribution < 1.29 is 13.9 Å². The van der Waals surface area contributed by atoms with E-state index in [0.717, 1.165) is 44.7 Å². The zero-order chi connectivity index (χ0) is 22.2. The Morgan fingerprint density at radius 2 is 1.84 bits per heavy atom. The lowest BCUT2D eigenvalue weighted by atomic mass is 9.92. The standard InChI is InChI=1S/C26H24FN3O2/c1-16-3-9-19(10-4-16)28-26(31)30-14-13-21-22-15-20(32-2)11-12-23(22)29-24(21)25(30)17-5-7-18(27)8-6-17/h3-12,15,25,29H,13-14H2,1-2H3,(H,28,31). The third kappa shape index (κ3) is 3.58. The second-order valence-corrected chi connectivity index (χ2v) is 8.12. The maximum atomic E-state index is 13.7. The van der Waals surface area contributed by atoms with Crippen molar-refractivity contribution in [3.8, 4) is 5.75 Å². The fraction of sp³-hybridized carbons (Fsp3) is 0.192. The van der Waals surface area contributed by atoms with Gasteiger partial charge in [-0.25, -0.2) is 9.18 Å². The number of hydrogen-bond acceptors (Lipinski definition) is 2. The van der Waals surface area contributed by atoms with E-state index in [1.807, 2.05) is 54.3 Å². The lowest BCUT2D eigenvalue weighted by molar-refractivity contribution is 0.193. The summed E-state index contributed by atoms with van der Waals surface area (Å²) in [5.74, 6) is 0.485. The van der Waals surface area contributed by atoms with Crippen LogP contribution in [0.5, 0.6) is 5.75 Å². The maximum absolute atomic E-state index is 13.7. The number of urea groups is 1. The van der Waals surface area contributed by atoms with Gasteiger partial charge in [0.15, 0.2) is 0 Å². The zero-order valence-electron chi connectivity index (χ0n) is 18.0. The van der Waals surface area contributed by atoms with E-state index in [0.29, 0.717) is 13.0 Å². The highest BCUT2D eigenvalue weighted by molar-refractivity contribution is 5.92. The molecule has 1 aromatic heterocycles. The van der Waals surface area contributed by atoms with Gasteiger partial charge in [-0.2, -0.15) is 0 Å². The van der Waals surface area contributed by atoms with Crippen molar-refractivity contribution in [3.05, 3.63) is 94.9 Å². The van der Waals surface area contributed by atoms with Crippen LogP contribution >= 0.6 is 0 Å². The monoisotopic (exact) mass is 429 g/mol. The molecule has 5 nitrogen and oxygen atoms in total. The first-order chi connectivity index (χ1) is 15.5. The van der Waals surface area contributed by atoms with Crippen molar-refractivity contribution in [1.82, 2.24) is 9.88 Å². The summed E-state index contributed by atoms with van der Waals surface area (Å²) in [5.41, 5.74) is 5.82. The van der Waals surface area contributed by atoms with Gasteiger partial charge in [0.1, 0.15) is 11.6 Å². The first-order valence-electron chi connectivity index (χ1n) is 10.6. The minimum absolute atomic E-state index is 0.190. The third-order valence-electron chi connectivity index (χ3n) is 6.08. The van der Waals surface area contributed by atoms with Gasteiger partial charge in [0.2, 0.25) is 0 Å². The number of ether oxygens (including phenoxy) is 1. The number of amides is 2. The molecule has 1 unspecified atom stereocenters. The summed E-state index contributed by atoms with van der Waals surface area (Å²) >= 11 is 0. The predicted octanol–water partition coefficient (Wildman–Crippen LogP) is 5.80. The molecule has 0 radical (unpaired) electrons. The number of aromatic nitrogens is 1. The molecular formula is C26H24FN3O2. The normalized spacial score (nSPS) is 15.5. The summed E-state index contributed by atoms with van der Waals surface area (Å²) in [6.07, 6.45) is 0.710. The van der Waals surface area contributed by atoms with Crippen LogP contribution in [0.25, 0.3) is 10.9 Å². The number of H-pyrrole nitrogens is 1. The van der Waals surface area contributed by atoms with Crippen LogP contribution in [-0.4, -0.2) is 29.6 Å². The number of halogens is 1. The first-order valence-corrected chi connectivity index (χ1v) is 10.6. The first kappa shape index (κ1) is 20.1. The predicted molar refractivity (Wildman–Crippen MR) is 124 cm³/mol. The third-order valence-corrected chi connectivity index (χ3v) is 6.08. The van der Waals surface area contributed by atoms with Gasteiger partial charge < -0.3 is 19.9 Å². The Hall–Kier alpha value is -3.80. The van der Waals surface area contributed by atoms with E-state index in [1.165, 1.54) is 12.1 Å². The second kappa shape index (κ2) is 8.04. The van der Waals surface area contributed by atoms with Crippen molar-refractivity contribution in [1.29, 1.82) is 0 Å². The summed E-state index contributed by atoms with van der Waals surface area (Å²) in [6, 6.07) is 19.5. The summed E-state index contributed by atoms with van der Waals surface area (Å²) in [4.78, 5) is 18.7. The Balaban J connectivity index is 1.57. The van der Waals surface area contributed by atoms with Gasteiger partial charge in [-0.05, 0) is 66.9 Å². The molecule has 32 heavy (non-hydrogen) atoms. The number of anilines is 1. The van der Waals surface area contributed by atoms with Gasteiger partial charge in [-0.15, -0.1) is 0 Å². The van der Waals surface area contributed by atoms with Gasteiger partial charge in [-0.3, -0.25) is 0 Å². The zero-order valence-corrected chi connectivity index (χ0v) is 18.0. The number of aromatic amines is 1. The molecule has 5 rings (SSSR count). The molecule has 0 fully saturated rings. The molecule has 2 heterocycles. The molecule has 4 aromatic rings. The highest BCUT2D eigenvalue weighted by Crippen LogP contribution is 2.39. The van der Waals surface area contributed by atoms with E-state index in [9.17, 15) is 9.18 Å². The van der Waals surface area contributed by atoms with E-state index in [-0.39, 0.29) is 17.9 Å². The molecule has 0 saturated heterocycles. The van der Waals surface area contributed by atoms with Crippen molar-refractivity contribution >= 4 is 22.6 Å². The number of rotatable bonds is 3. The topological polar surface area (TPSA) is 57.4 Å². The van der Waals surface area contributed by atoms with E-state index in [2.05, 4.69) is 10.3 Å². The largest absolute Gasteiger partial charge is 0.497 e. The molecule has 3 aromatic carbocycles. The Morgan fingerprint density at radius 3 is 2.56 bits per heavy atom. The number of hydrogen-bond donors (Lipinski definition) is 2. The molecule has 1 atom stereocenters. The van der Waals surface area contributed by atoms with E-state index < -0.39 is 0 Å². The average molecular weight is 429 g/mol. The van der Waals surface area contributed by atoms with Crippen LogP contribution in [-0.2, 0) is 6.42 Å². The van der Waals surface area contributed by atoms with Crippen LogP contribution in [0.2, 0.25) is 0 Å². The molecule has 2 amide bonds. The highest BCUT2D eigenvalue weighted by atomic mass is 19.1. The van der Waals surface area contributed by atoms with Crippen LogP contribution in [0.3, 0.4) is 0 Å². The minimum atomic E-state index is -0.358. The minimum Gasteiger partial charge on any atom is -0.497 e. The number of benzene rings is 3. The molecule has 1 aliphatic heterocycles. The average Bonchev–Trinajstić information content (AvgIpc) is 3.18. The molecule has 6 heteroatoms. The molecule has 0 saturated carbocycles. The van der Waals surface area contributed by atoms with Crippen LogP contribution in [0.15, 0.2) is 66.7 Å². The Bertz CT molecular complexity index is 1280. The van der Waals surface area contributed by atoms with Crippen LogP contribution in [0.4, 0.5) is 14.9 Å². The SMILES string of the molecule is COc1ccc2[nH]c3c(c2c1)CCN(C(=O)Nc1ccc(C)cc1)C3c1ccc(F)cc1. The number of fused-ring (bicyclic) bond motifs is 3. The molecular weight excluding hydrogens is 405 g/mol. The summed E-state index contributed by atoms with van der Waals surface area (Å²) < 4.78 is 19.1. The van der Waals surface area contributed by atoms with Crippen LogP contribution < -0.4 is 10.1 Å². The number of nitrogens with zero attached hydrogens (tertiary/aromatic N) is 1. The molecule has 0 bridgehead atoms. The Morgan fingerprint density at radius 1 is 1.09 bits per heavy atom. The van der Waals surface area contributed by atoms with Crippen molar-refractivity contribution in [2.24, 2.45) is 0 Å². The quantitative estimate of drug-likeness (QED) is 0.432. The molecule has 0 spiro atoms. The number of nitrogens with one attached hydrogen (secondary N) is 2. The van der Waals surface area contributed by atoms with Crippen molar-refractivity contribution in [2.45, 2.75) is 19.4 Å². The van der Waals surface area contributed by atoms with Crippen molar-refractivity contribution in [3.63, 3.8) is 0 Å². The smallest absolute Gasteiger partial charge is 0.322 e. The lowest BCUT2D eigenvalue weighted by Crippen LogP contribution is -2.43. The highest BCUT2D eigenvalue weighted by Gasteiger charge is 2.34. The fourth-order valence-electron chi connectivity index (χ4n) is 4.44. The fourth-order valence-corrected chi connectivity index (χ4v) is 4.44. The van der Waals surface area contributed by atoms with Crippen molar-refractivity contribution in [2.75, 3.05) is 19.0 Å². The Kier molecular flexibility index (Phi) is 5.05. The summed E-state index contributed by atoms with van der Waals surface area (Å²) in [5, 5.41) is 4.10. The van der Waals surface area contributed by atoms with E-state index >= 15 is 0 Å². The number of carbonyl (C=O) groups is 1. The van der Waals surface area contributed by atoms with Gasteiger partial charge in [-0.1, -0.05) is 29.8 Å². The number of methoxy groups -OCH3 is 1. The molecule has 162 valence electrons. The van der Waals surface area contributed by atoms with Crippen LogP contribution in [0.1, 0.15) is 28.4 Å². The molecule has 0 aliphatic carbocycles. The summed E-state index contributed by atoms with van der Waals surface area (Å²) in [6.45, 7) is 2.55. The van der Waals surface area contributed by atoms with Gasteiger partial charge in [0.05, 0.1) is 13.2 Å². The molecule has 1 aliphatic rings. The maximum Gasteiger partial charge on any atom is 0.322 e. The summed E-state index contributed by atoms with van der Waals surface area (Å²) in [7, 11) is 1.65. The number of carbonyl (C=O) groups excluding carboxylic acids is 1. The number of aryl methyl sites for hydroxylation is 1. The van der Waals surface area contributed by atoms with E-state index in [4.69, 9.17) is 4.74 Å². The van der Waals surface area contributed by atoms with Crippen LogP contribution in [0, 0.1) is 12.7 Å².